The standard InChI is InChI=1S/C26H36N2O4S2/c1-4-6-14-26(5-2)17-33-23-15-20(12-13-24(29)27-18-34(30)31)22(32-3)16-21(23)25(28-26)19-10-8-7-9-11-19/h7-11,15-16,25,28H,4-6,12-14,17-18H2,1-3H3,(H,27,29)(H,30,31)/t25-,26-/m1/s1. The summed E-state index contributed by atoms with van der Waals surface area (Å²) in [6.45, 7) is 4.51. The van der Waals surface area contributed by atoms with Crippen LogP contribution in [0, 0.1) is 0 Å². The fraction of sp³-hybridized carbons (Fsp3) is 0.500. The quantitative estimate of drug-likeness (QED) is 0.371. The maximum absolute atomic E-state index is 12.1. The van der Waals surface area contributed by atoms with E-state index in [-0.39, 0.29) is 29.8 Å². The summed E-state index contributed by atoms with van der Waals surface area (Å²) in [6.07, 6.45) is 5.25. The number of hydrogen-bond donors (Lipinski definition) is 3. The molecular formula is C26H36N2O4S2. The highest BCUT2D eigenvalue weighted by molar-refractivity contribution is 7.99. The highest BCUT2D eigenvalue weighted by Crippen LogP contribution is 2.43. The number of carbonyl (C=O) groups excluding carboxylic acids is 1. The van der Waals surface area contributed by atoms with Gasteiger partial charge in [-0.3, -0.25) is 10.1 Å². The molecule has 8 heteroatoms. The van der Waals surface area contributed by atoms with Crippen molar-refractivity contribution in [1.82, 2.24) is 10.6 Å². The van der Waals surface area contributed by atoms with E-state index in [1.165, 1.54) is 28.9 Å². The number of fused-ring (bicyclic) bond motifs is 1. The largest absolute Gasteiger partial charge is 0.496 e. The fourth-order valence-electron chi connectivity index (χ4n) is 4.42. The molecule has 0 spiro atoms. The zero-order chi connectivity index (χ0) is 24.6. The molecule has 0 radical (unpaired) electrons. The molecule has 0 bridgehead atoms. The normalized spacial score (nSPS) is 20.8. The number of ether oxygens (including phenoxy) is 1. The Balaban J connectivity index is 1.95. The van der Waals surface area contributed by atoms with Gasteiger partial charge in [0, 0.05) is 22.6 Å². The molecule has 1 aliphatic heterocycles. The molecule has 1 unspecified atom stereocenters. The Labute approximate surface area is 209 Å². The molecule has 2 aromatic carbocycles. The van der Waals surface area contributed by atoms with Crippen LogP contribution in [-0.4, -0.2) is 38.9 Å². The molecule has 1 heterocycles. The lowest BCUT2D eigenvalue weighted by Crippen LogP contribution is -2.48. The second-order valence-corrected chi connectivity index (χ2v) is 10.7. The molecule has 3 atom stereocenters. The molecule has 2 aromatic rings. The Hall–Kier alpha value is -1.87. The summed E-state index contributed by atoms with van der Waals surface area (Å²) in [6, 6.07) is 14.9. The summed E-state index contributed by atoms with van der Waals surface area (Å²) in [4.78, 5) is 13.3. The minimum absolute atomic E-state index is 0.0352. The highest BCUT2D eigenvalue weighted by Gasteiger charge is 2.36. The Morgan fingerprint density at radius 2 is 2.06 bits per heavy atom. The van der Waals surface area contributed by atoms with Gasteiger partial charge in [-0.25, -0.2) is 4.21 Å². The third-order valence-electron chi connectivity index (χ3n) is 6.51. The molecule has 1 amide bonds. The van der Waals surface area contributed by atoms with Gasteiger partial charge in [0.1, 0.15) is 11.6 Å². The molecule has 34 heavy (non-hydrogen) atoms. The van der Waals surface area contributed by atoms with E-state index in [0.29, 0.717) is 6.42 Å². The molecule has 0 aliphatic carbocycles. The van der Waals surface area contributed by atoms with Crippen LogP contribution in [-0.2, 0) is 22.3 Å². The van der Waals surface area contributed by atoms with Crippen LogP contribution in [0.2, 0.25) is 0 Å². The van der Waals surface area contributed by atoms with Crippen molar-refractivity contribution in [3.05, 3.63) is 59.2 Å². The van der Waals surface area contributed by atoms with Crippen LogP contribution in [0.3, 0.4) is 0 Å². The number of amides is 1. The first-order valence-electron chi connectivity index (χ1n) is 11.9. The Morgan fingerprint density at radius 3 is 2.71 bits per heavy atom. The van der Waals surface area contributed by atoms with E-state index in [4.69, 9.17) is 9.29 Å². The van der Waals surface area contributed by atoms with Gasteiger partial charge in [0.05, 0.1) is 13.2 Å². The first-order chi connectivity index (χ1) is 16.4. The molecule has 0 fully saturated rings. The number of methoxy groups -OCH3 is 1. The first-order valence-corrected chi connectivity index (χ1v) is 14.2. The number of hydrogen-bond acceptors (Lipinski definition) is 5. The summed E-state index contributed by atoms with van der Waals surface area (Å²) in [5.41, 5.74) is 3.43. The lowest BCUT2D eigenvalue weighted by molar-refractivity contribution is -0.120. The molecule has 186 valence electrons. The van der Waals surface area contributed by atoms with Gasteiger partial charge in [-0.1, -0.05) is 57.0 Å². The Kier molecular flexibility index (Phi) is 10.0. The van der Waals surface area contributed by atoms with Crippen molar-refractivity contribution in [3.63, 3.8) is 0 Å². The zero-order valence-corrected chi connectivity index (χ0v) is 21.9. The lowest BCUT2D eigenvalue weighted by atomic mass is 9.87. The van der Waals surface area contributed by atoms with Gasteiger partial charge in [-0.2, -0.15) is 0 Å². The van der Waals surface area contributed by atoms with Crippen molar-refractivity contribution in [3.8, 4) is 5.75 Å². The fourth-order valence-corrected chi connectivity index (χ4v) is 6.14. The van der Waals surface area contributed by atoms with Crippen LogP contribution in [0.5, 0.6) is 5.75 Å². The van der Waals surface area contributed by atoms with E-state index < -0.39 is 11.1 Å². The molecule has 1 aliphatic rings. The summed E-state index contributed by atoms with van der Waals surface area (Å²) in [7, 11) is 1.66. The van der Waals surface area contributed by atoms with E-state index >= 15 is 0 Å². The molecule has 6 nitrogen and oxygen atoms in total. The predicted octanol–water partition coefficient (Wildman–Crippen LogP) is 5.05. The molecular weight excluding hydrogens is 468 g/mol. The van der Waals surface area contributed by atoms with Gasteiger partial charge in [0.15, 0.2) is 11.1 Å². The number of carbonyl (C=O) groups is 1. The number of benzene rings is 2. The first kappa shape index (κ1) is 26.7. The second kappa shape index (κ2) is 12.7. The molecule has 3 N–H and O–H groups in total. The Morgan fingerprint density at radius 1 is 1.29 bits per heavy atom. The molecule has 0 aromatic heterocycles. The van der Waals surface area contributed by atoms with Gasteiger partial charge in [0.25, 0.3) is 0 Å². The summed E-state index contributed by atoms with van der Waals surface area (Å²) in [5, 5.41) is 6.53. The van der Waals surface area contributed by atoms with E-state index in [9.17, 15) is 9.00 Å². The van der Waals surface area contributed by atoms with Gasteiger partial charge in [-0.05, 0) is 48.1 Å². The van der Waals surface area contributed by atoms with E-state index in [1.54, 1.807) is 7.11 Å². The van der Waals surface area contributed by atoms with E-state index in [0.717, 1.165) is 29.9 Å². The molecule has 0 saturated heterocycles. The van der Waals surface area contributed by atoms with Gasteiger partial charge >= 0.3 is 0 Å². The summed E-state index contributed by atoms with van der Waals surface area (Å²) < 4.78 is 25.5. The monoisotopic (exact) mass is 504 g/mol. The maximum Gasteiger partial charge on any atom is 0.221 e. The SMILES string of the molecule is CCCC[C@]1(CC)CSc2cc(CCC(=O)NCS(=O)O)c(OC)cc2[C@@H](c2ccccc2)N1. The number of unbranched alkanes of at least 4 members (excludes halogenated alkanes) is 1. The predicted molar refractivity (Wildman–Crippen MR) is 140 cm³/mol. The third-order valence-corrected chi connectivity index (χ3v) is 8.26. The summed E-state index contributed by atoms with van der Waals surface area (Å²) >= 11 is -0.165. The number of rotatable bonds is 11. The topological polar surface area (TPSA) is 87.7 Å². The van der Waals surface area contributed by atoms with Crippen LogP contribution in [0.25, 0.3) is 0 Å². The average Bonchev–Trinajstić information content (AvgIpc) is 3.02. The smallest absolute Gasteiger partial charge is 0.221 e. The average molecular weight is 505 g/mol. The second-order valence-electron chi connectivity index (χ2n) is 8.78. The van der Waals surface area contributed by atoms with Crippen LogP contribution >= 0.6 is 11.8 Å². The number of thioether (sulfide) groups is 1. The summed E-state index contributed by atoms with van der Waals surface area (Å²) in [5.74, 6) is 1.24. The van der Waals surface area contributed by atoms with Gasteiger partial charge < -0.3 is 14.6 Å². The highest BCUT2D eigenvalue weighted by atomic mass is 32.2. The van der Waals surface area contributed by atoms with Crippen molar-refractivity contribution >= 4 is 28.7 Å². The van der Waals surface area contributed by atoms with E-state index in [1.807, 2.05) is 17.8 Å². The van der Waals surface area contributed by atoms with Crippen molar-refractivity contribution in [2.45, 2.75) is 68.8 Å². The van der Waals surface area contributed by atoms with Crippen LogP contribution in [0.15, 0.2) is 47.4 Å². The van der Waals surface area contributed by atoms with Crippen molar-refractivity contribution in [1.29, 1.82) is 0 Å². The van der Waals surface area contributed by atoms with Crippen LogP contribution < -0.4 is 15.4 Å². The minimum Gasteiger partial charge on any atom is -0.496 e. The number of nitrogens with one attached hydrogen (secondary N) is 2. The van der Waals surface area contributed by atoms with Crippen LogP contribution in [0.1, 0.15) is 68.7 Å². The van der Waals surface area contributed by atoms with Crippen molar-refractivity contribution in [2.24, 2.45) is 0 Å². The van der Waals surface area contributed by atoms with E-state index in [2.05, 4.69) is 60.9 Å². The molecule has 0 saturated carbocycles. The lowest BCUT2D eigenvalue weighted by Gasteiger charge is -2.36. The molecule has 3 rings (SSSR count). The number of aryl methyl sites for hydroxylation is 1. The third kappa shape index (κ3) is 6.84. The van der Waals surface area contributed by atoms with Gasteiger partial charge in [0.2, 0.25) is 5.91 Å². The van der Waals surface area contributed by atoms with Crippen molar-refractivity contribution < 1.29 is 18.3 Å². The minimum atomic E-state index is -2.04. The maximum atomic E-state index is 12.1. The Bertz CT molecular complexity index is 986. The zero-order valence-electron chi connectivity index (χ0n) is 20.3. The van der Waals surface area contributed by atoms with Gasteiger partial charge in [-0.15, -0.1) is 11.8 Å². The van der Waals surface area contributed by atoms with Crippen LogP contribution in [0.4, 0.5) is 0 Å². The van der Waals surface area contributed by atoms with Crippen molar-refractivity contribution in [2.75, 3.05) is 18.7 Å².